The molecule has 0 aliphatic heterocycles. The van der Waals surface area contributed by atoms with Gasteiger partial charge in [-0.15, -0.1) is 6.58 Å². The minimum Gasteiger partial charge on any atom is -0.322 e. The number of hydrogen-bond donors (Lipinski definition) is 3. The van der Waals surface area contributed by atoms with Gasteiger partial charge in [0.25, 0.3) is 11.5 Å². The number of nitrogens with zero attached hydrogens (tertiary/aromatic N) is 1. The largest absolute Gasteiger partial charge is 0.322 e. The van der Waals surface area contributed by atoms with Gasteiger partial charge in [-0.25, -0.2) is 18.2 Å². The van der Waals surface area contributed by atoms with E-state index in [1.807, 2.05) is 0 Å². The number of nitrogens with one attached hydrogen (secondary N) is 3. The molecule has 2 aromatic carbocycles. The first-order valence-corrected chi connectivity index (χ1v) is 10.1. The van der Waals surface area contributed by atoms with Crippen LogP contribution in [0.15, 0.2) is 83.0 Å². The highest BCUT2D eigenvalue weighted by molar-refractivity contribution is 7.89. The minimum absolute atomic E-state index is 0.0156. The summed E-state index contributed by atoms with van der Waals surface area (Å²) in [5.41, 5.74) is 1.62. The molecule has 3 aromatic rings. The fourth-order valence-corrected chi connectivity index (χ4v) is 3.57. The lowest BCUT2D eigenvalue weighted by atomic mass is 10.1. The van der Waals surface area contributed by atoms with Crippen LogP contribution < -0.4 is 15.6 Å². The van der Waals surface area contributed by atoms with Crippen molar-refractivity contribution >= 4 is 21.6 Å². The standard InChI is InChI=1S/C20H18N4O4S/c1-2-11-21-29(27,28)17-8-4-6-15(13-17)20(26)22-16-7-3-5-14(12-16)18-9-10-19(25)24-23-18/h2-10,12-13,21H,1,11H2,(H,22,26)(H,24,25). The van der Waals surface area contributed by atoms with Gasteiger partial charge in [-0.2, -0.15) is 5.10 Å². The van der Waals surface area contributed by atoms with Gasteiger partial charge in [-0.1, -0.05) is 24.3 Å². The van der Waals surface area contributed by atoms with Gasteiger partial charge < -0.3 is 5.32 Å². The highest BCUT2D eigenvalue weighted by Gasteiger charge is 2.15. The molecule has 0 saturated carbocycles. The second-order valence-corrected chi connectivity index (χ2v) is 7.78. The molecule has 0 unspecified atom stereocenters. The number of benzene rings is 2. The van der Waals surface area contributed by atoms with Crippen LogP contribution in [0.4, 0.5) is 5.69 Å². The van der Waals surface area contributed by atoms with Gasteiger partial charge in [0.15, 0.2) is 0 Å². The zero-order valence-corrected chi connectivity index (χ0v) is 16.1. The average molecular weight is 410 g/mol. The van der Waals surface area contributed by atoms with Crippen molar-refractivity contribution in [2.75, 3.05) is 11.9 Å². The number of carbonyl (C=O) groups is 1. The van der Waals surface area contributed by atoms with Crippen molar-refractivity contribution in [3.8, 4) is 11.3 Å². The number of hydrogen-bond acceptors (Lipinski definition) is 5. The van der Waals surface area contributed by atoms with Crippen LogP contribution in [0.3, 0.4) is 0 Å². The van der Waals surface area contributed by atoms with Gasteiger partial charge in [-0.05, 0) is 36.4 Å². The molecule has 0 aliphatic carbocycles. The monoisotopic (exact) mass is 410 g/mol. The molecule has 0 spiro atoms. The quantitative estimate of drug-likeness (QED) is 0.516. The Morgan fingerprint density at radius 3 is 2.62 bits per heavy atom. The van der Waals surface area contributed by atoms with E-state index in [0.717, 1.165) is 0 Å². The Kier molecular flexibility index (Phi) is 6.01. The molecule has 3 rings (SSSR count). The molecule has 1 heterocycles. The Balaban J connectivity index is 1.81. The fourth-order valence-electron chi connectivity index (χ4n) is 2.52. The van der Waals surface area contributed by atoms with E-state index in [1.54, 1.807) is 30.3 Å². The van der Waals surface area contributed by atoms with Crippen LogP contribution in [-0.4, -0.2) is 31.1 Å². The lowest BCUT2D eigenvalue weighted by Gasteiger charge is -2.09. The molecule has 0 radical (unpaired) electrons. The molecule has 9 heteroatoms. The summed E-state index contributed by atoms with van der Waals surface area (Å²) in [4.78, 5) is 23.7. The Hall–Kier alpha value is -3.56. The van der Waals surface area contributed by atoms with Crippen molar-refractivity contribution in [1.82, 2.24) is 14.9 Å². The highest BCUT2D eigenvalue weighted by Crippen LogP contribution is 2.20. The molecular formula is C20H18N4O4S. The number of rotatable bonds is 7. The molecule has 0 atom stereocenters. The predicted molar refractivity (Wildman–Crippen MR) is 110 cm³/mol. The van der Waals surface area contributed by atoms with E-state index < -0.39 is 15.9 Å². The fraction of sp³-hybridized carbons (Fsp3) is 0.0500. The maximum atomic E-state index is 12.6. The summed E-state index contributed by atoms with van der Waals surface area (Å²) in [6.45, 7) is 3.56. The first-order valence-electron chi connectivity index (χ1n) is 8.57. The van der Waals surface area contributed by atoms with E-state index in [0.29, 0.717) is 16.9 Å². The van der Waals surface area contributed by atoms with E-state index in [2.05, 4.69) is 26.8 Å². The van der Waals surface area contributed by atoms with Crippen LogP contribution in [0.25, 0.3) is 11.3 Å². The molecule has 0 bridgehead atoms. The zero-order valence-electron chi connectivity index (χ0n) is 15.3. The topological polar surface area (TPSA) is 121 Å². The van der Waals surface area contributed by atoms with Crippen molar-refractivity contribution in [3.05, 3.63) is 89.2 Å². The van der Waals surface area contributed by atoms with Crippen molar-refractivity contribution < 1.29 is 13.2 Å². The SMILES string of the molecule is C=CCNS(=O)(=O)c1cccc(C(=O)Nc2cccc(-c3ccc(=O)[nH]n3)c2)c1. The maximum absolute atomic E-state index is 12.6. The smallest absolute Gasteiger partial charge is 0.264 e. The van der Waals surface area contributed by atoms with E-state index in [4.69, 9.17) is 0 Å². The summed E-state index contributed by atoms with van der Waals surface area (Å²) in [7, 11) is -3.74. The van der Waals surface area contributed by atoms with Crippen LogP contribution in [0.2, 0.25) is 0 Å². The predicted octanol–water partition coefficient (Wildman–Crippen LogP) is 2.15. The second-order valence-electron chi connectivity index (χ2n) is 6.01. The van der Waals surface area contributed by atoms with Gasteiger partial charge in [0, 0.05) is 29.4 Å². The summed E-state index contributed by atoms with van der Waals surface area (Å²) in [6, 6.07) is 15.6. The van der Waals surface area contributed by atoms with Crippen molar-refractivity contribution in [2.45, 2.75) is 4.90 Å². The second kappa shape index (κ2) is 8.63. The third kappa shape index (κ3) is 5.03. The lowest BCUT2D eigenvalue weighted by molar-refractivity contribution is 0.102. The molecular weight excluding hydrogens is 392 g/mol. The number of aromatic amines is 1. The van der Waals surface area contributed by atoms with Gasteiger partial charge in [0.1, 0.15) is 0 Å². The number of sulfonamides is 1. The number of aromatic nitrogens is 2. The molecule has 1 aromatic heterocycles. The summed E-state index contributed by atoms with van der Waals surface area (Å²) in [5.74, 6) is -0.461. The van der Waals surface area contributed by atoms with Crippen molar-refractivity contribution in [3.63, 3.8) is 0 Å². The summed E-state index contributed by atoms with van der Waals surface area (Å²) in [5, 5.41) is 9.05. The Morgan fingerprint density at radius 2 is 1.90 bits per heavy atom. The molecule has 1 amide bonds. The van der Waals surface area contributed by atoms with Gasteiger partial charge in [0.2, 0.25) is 10.0 Å². The molecule has 3 N–H and O–H groups in total. The third-order valence-corrected chi connectivity index (χ3v) is 5.34. The van der Waals surface area contributed by atoms with Crippen LogP contribution in [0.5, 0.6) is 0 Å². The number of anilines is 1. The minimum atomic E-state index is -3.74. The van der Waals surface area contributed by atoms with Gasteiger partial charge in [-0.3, -0.25) is 9.59 Å². The van der Waals surface area contributed by atoms with Crippen LogP contribution >= 0.6 is 0 Å². The molecule has 8 nitrogen and oxygen atoms in total. The number of H-pyrrole nitrogens is 1. The first-order chi connectivity index (χ1) is 13.9. The third-order valence-electron chi connectivity index (χ3n) is 3.92. The molecule has 29 heavy (non-hydrogen) atoms. The first kappa shape index (κ1) is 20.2. The molecule has 0 aliphatic rings. The molecule has 0 fully saturated rings. The summed E-state index contributed by atoms with van der Waals surface area (Å²) in [6.07, 6.45) is 1.43. The van der Waals surface area contributed by atoms with E-state index in [9.17, 15) is 18.0 Å². The van der Waals surface area contributed by atoms with Crippen molar-refractivity contribution in [2.24, 2.45) is 0 Å². The average Bonchev–Trinajstić information content (AvgIpc) is 2.73. The number of carbonyl (C=O) groups excluding carboxylic acids is 1. The lowest BCUT2D eigenvalue weighted by Crippen LogP contribution is -2.24. The van der Waals surface area contributed by atoms with Crippen LogP contribution in [-0.2, 0) is 10.0 Å². The van der Waals surface area contributed by atoms with E-state index in [-0.39, 0.29) is 22.6 Å². The van der Waals surface area contributed by atoms with E-state index in [1.165, 1.54) is 36.4 Å². The van der Waals surface area contributed by atoms with Crippen molar-refractivity contribution in [1.29, 1.82) is 0 Å². The Morgan fingerprint density at radius 1 is 1.10 bits per heavy atom. The molecule has 148 valence electrons. The van der Waals surface area contributed by atoms with Crippen LogP contribution in [0.1, 0.15) is 10.4 Å². The van der Waals surface area contributed by atoms with Gasteiger partial charge in [0.05, 0.1) is 10.6 Å². The Bertz CT molecular complexity index is 1200. The zero-order chi connectivity index (χ0) is 20.9. The van der Waals surface area contributed by atoms with Gasteiger partial charge >= 0.3 is 0 Å². The number of amides is 1. The van der Waals surface area contributed by atoms with E-state index >= 15 is 0 Å². The van der Waals surface area contributed by atoms with Crippen LogP contribution in [0, 0.1) is 0 Å². The molecule has 0 saturated heterocycles. The maximum Gasteiger partial charge on any atom is 0.264 e. The highest BCUT2D eigenvalue weighted by atomic mass is 32.2. The summed E-state index contributed by atoms with van der Waals surface area (Å²) < 4.78 is 26.8. The summed E-state index contributed by atoms with van der Waals surface area (Å²) >= 11 is 0. The Labute approximate surface area is 167 Å². The normalized spacial score (nSPS) is 11.0.